The molecule has 9 heteroatoms. The highest BCUT2D eigenvalue weighted by Crippen LogP contribution is 2.26. The third-order valence-electron chi connectivity index (χ3n) is 3.38. The zero-order valence-corrected chi connectivity index (χ0v) is 14.7. The Morgan fingerprint density at radius 3 is 2.38 bits per heavy atom. The smallest absolute Gasteiger partial charge is 0.277 e. The van der Waals surface area contributed by atoms with Crippen LogP contribution in [0.25, 0.3) is 22.9 Å². The van der Waals surface area contributed by atoms with Gasteiger partial charge in [-0.25, -0.2) is 4.39 Å². The summed E-state index contributed by atoms with van der Waals surface area (Å²) in [6, 6.07) is 13.0. The fourth-order valence-electron chi connectivity index (χ4n) is 2.13. The largest absolute Gasteiger partial charge is 0.411 e. The van der Waals surface area contributed by atoms with Crippen molar-refractivity contribution in [2.45, 2.75) is 11.0 Å². The highest BCUT2D eigenvalue weighted by molar-refractivity contribution is 7.98. The van der Waals surface area contributed by atoms with Gasteiger partial charge in [-0.1, -0.05) is 28.5 Å². The molecule has 0 radical (unpaired) electrons. The van der Waals surface area contributed by atoms with E-state index in [0.29, 0.717) is 39.2 Å². The lowest BCUT2D eigenvalue weighted by Gasteiger charge is -1.94. The maximum atomic E-state index is 13.0. The summed E-state index contributed by atoms with van der Waals surface area (Å²) in [6.07, 6.45) is 0. The van der Waals surface area contributed by atoms with Gasteiger partial charge >= 0.3 is 0 Å². The lowest BCUT2D eigenvalue weighted by Crippen LogP contribution is -1.84. The molecule has 26 heavy (non-hydrogen) atoms. The van der Waals surface area contributed by atoms with Crippen molar-refractivity contribution in [2.24, 2.45) is 0 Å². The van der Waals surface area contributed by atoms with Gasteiger partial charge in [-0.15, -0.1) is 10.2 Å². The van der Waals surface area contributed by atoms with E-state index >= 15 is 0 Å². The van der Waals surface area contributed by atoms with Crippen molar-refractivity contribution in [2.75, 3.05) is 0 Å². The number of nitrogens with zero attached hydrogens (tertiary/aromatic N) is 4. The van der Waals surface area contributed by atoms with Crippen molar-refractivity contribution in [3.63, 3.8) is 0 Å². The van der Waals surface area contributed by atoms with Crippen LogP contribution in [-0.2, 0) is 5.75 Å². The van der Waals surface area contributed by atoms with Crippen LogP contribution in [0.1, 0.15) is 5.82 Å². The number of hydrogen-bond acceptors (Lipinski definition) is 7. The first kappa shape index (κ1) is 16.7. The summed E-state index contributed by atoms with van der Waals surface area (Å²) < 4.78 is 23.8. The van der Waals surface area contributed by atoms with Crippen molar-refractivity contribution in [3.8, 4) is 22.9 Å². The molecular weight excluding hydrogens is 379 g/mol. The average Bonchev–Trinajstić information content (AvgIpc) is 3.31. The maximum Gasteiger partial charge on any atom is 0.277 e. The molecule has 2 aromatic carbocycles. The van der Waals surface area contributed by atoms with Gasteiger partial charge in [-0.2, -0.15) is 4.98 Å². The minimum absolute atomic E-state index is 0.322. The fraction of sp³-hybridized carbons (Fsp3) is 0.0588. The normalized spacial score (nSPS) is 11.0. The Morgan fingerprint density at radius 2 is 1.62 bits per heavy atom. The summed E-state index contributed by atoms with van der Waals surface area (Å²) in [5.74, 6) is 1.32. The zero-order valence-electron chi connectivity index (χ0n) is 13.1. The van der Waals surface area contributed by atoms with Crippen LogP contribution >= 0.6 is 23.4 Å². The molecule has 2 heterocycles. The van der Waals surface area contributed by atoms with Crippen LogP contribution < -0.4 is 0 Å². The van der Waals surface area contributed by atoms with Crippen molar-refractivity contribution in [3.05, 3.63) is 65.2 Å². The molecule has 0 aliphatic carbocycles. The Balaban J connectivity index is 1.42. The number of rotatable bonds is 5. The van der Waals surface area contributed by atoms with Gasteiger partial charge < -0.3 is 8.94 Å². The Labute approximate surface area is 156 Å². The highest BCUT2D eigenvalue weighted by atomic mass is 35.5. The topological polar surface area (TPSA) is 77.8 Å². The second-order valence-electron chi connectivity index (χ2n) is 5.19. The fourth-order valence-corrected chi connectivity index (χ4v) is 2.86. The third-order valence-corrected chi connectivity index (χ3v) is 4.45. The lowest BCUT2D eigenvalue weighted by atomic mass is 10.2. The van der Waals surface area contributed by atoms with Gasteiger partial charge in [-0.05, 0) is 48.5 Å². The van der Waals surface area contributed by atoms with Gasteiger partial charge in [0.15, 0.2) is 5.82 Å². The summed E-state index contributed by atoms with van der Waals surface area (Å²) in [6.45, 7) is 0. The lowest BCUT2D eigenvalue weighted by molar-refractivity contribution is 0.425. The van der Waals surface area contributed by atoms with Gasteiger partial charge in [0.25, 0.3) is 11.1 Å². The SMILES string of the molecule is Fc1ccc(-c2nnc(SCc3noc(-c4ccc(Cl)cc4)n3)o2)cc1. The summed E-state index contributed by atoms with van der Waals surface area (Å²) >= 11 is 7.15. The Hall–Kier alpha value is -2.71. The molecule has 4 aromatic rings. The molecule has 0 atom stereocenters. The van der Waals surface area contributed by atoms with E-state index in [2.05, 4.69) is 20.3 Å². The van der Waals surface area contributed by atoms with Crippen molar-refractivity contribution < 1.29 is 13.3 Å². The molecule has 0 saturated heterocycles. The molecular formula is C17H10ClFN4O2S. The van der Waals surface area contributed by atoms with E-state index in [9.17, 15) is 4.39 Å². The summed E-state index contributed by atoms with van der Waals surface area (Å²) in [5.41, 5.74) is 1.44. The zero-order chi connectivity index (χ0) is 17.9. The number of halogens is 2. The molecule has 130 valence electrons. The van der Waals surface area contributed by atoms with Gasteiger partial charge in [-0.3, -0.25) is 0 Å². The molecule has 0 amide bonds. The Kier molecular flexibility index (Phi) is 4.68. The summed E-state index contributed by atoms with van der Waals surface area (Å²) in [4.78, 5) is 4.33. The molecule has 0 saturated carbocycles. The summed E-state index contributed by atoms with van der Waals surface area (Å²) in [5, 5.41) is 12.8. The number of hydrogen-bond donors (Lipinski definition) is 0. The first-order valence-electron chi connectivity index (χ1n) is 7.48. The van der Waals surface area contributed by atoms with Crippen molar-refractivity contribution in [1.29, 1.82) is 0 Å². The minimum atomic E-state index is -0.323. The van der Waals surface area contributed by atoms with Crippen molar-refractivity contribution >= 4 is 23.4 Å². The standard InChI is InChI=1S/C17H10ClFN4O2S/c18-12-5-1-10(2-6-12)15-20-14(23-25-15)9-26-17-22-21-16(24-17)11-3-7-13(19)8-4-11/h1-8H,9H2. The van der Waals surface area contributed by atoms with Crippen LogP contribution in [0.4, 0.5) is 4.39 Å². The minimum Gasteiger partial charge on any atom is -0.411 e. The van der Waals surface area contributed by atoms with Crippen LogP contribution in [0.2, 0.25) is 5.02 Å². The second-order valence-corrected chi connectivity index (χ2v) is 6.55. The second kappa shape index (κ2) is 7.27. The molecule has 0 bridgehead atoms. The van der Waals surface area contributed by atoms with E-state index in [0.717, 1.165) is 5.56 Å². The van der Waals surface area contributed by atoms with Gasteiger partial charge in [0.05, 0.1) is 5.75 Å². The molecule has 0 spiro atoms. The predicted octanol–water partition coefficient (Wildman–Crippen LogP) is 4.87. The quantitative estimate of drug-likeness (QED) is 0.451. The first-order valence-corrected chi connectivity index (χ1v) is 8.84. The van der Waals surface area contributed by atoms with E-state index in [-0.39, 0.29) is 5.82 Å². The molecule has 0 unspecified atom stereocenters. The van der Waals surface area contributed by atoms with Gasteiger partial charge in [0.1, 0.15) is 5.82 Å². The van der Waals surface area contributed by atoms with E-state index in [1.54, 1.807) is 36.4 Å². The Bertz CT molecular complexity index is 934. The molecule has 0 N–H and O–H groups in total. The number of benzene rings is 2. The molecule has 4 rings (SSSR count). The van der Waals surface area contributed by atoms with E-state index in [4.69, 9.17) is 20.5 Å². The van der Waals surface area contributed by atoms with Crippen LogP contribution in [0, 0.1) is 5.82 Å². The first-order chi connectivity index (χ1) is 12.7. The Morgan fingerprint density at radius 1 is 0.923 bits per heavy atom. The van der Waals surface area contributed by atoms with Crippen LogP contribution in [0.3, 0.4) is 0 Å². The molecule has 0 aliphatic heterocycles. The van der Waals surface area contributed by atoms with Crippen LogP contribution in [-0.4, -0.2) is 20.3 Å². The van der Waals surface area contributed by atoms with Crippen molar-refractivity contribution in [1.82, 2.24) is 20.3 Å². The third kappa shape index (κ3) is 3.76. The van der Waals surface area contributed by atoms with Crippen LogP contribution in [0.15, 0.2) is 62.7 Å². The monoisotopic (exact) mass is 388 g/mol. The van der Waals surface area contributed by atoms with Gasteiger partial charge in [0, 0.05) is 16.1 Å². The van der Waals surface area contributed by atoms with E-state index in [1.165, 1.54) is 23.9 Å². The van der Waals surface area contributed by atoms with E-state index in [1.807, 2.05) is 0 Å². The highest BCUT2D eigenvalue weighted by Gasteiger charge is 2.13. The average molecular weight is 389 g/mol. The maximum absolute atomic E-state index is 13.0. The summed E-state index contributed by atoms with van der Waals surface area (Å²) in [7, 11) is 0. The van der Waals surface area contributed by atoms with Crippen LogP contribution in [0.5, 0.6) is 0 Å². The molecule has 6 nitrogen and oxygen atoms in total. The molecule has 0 fully saturated rings. The molecule has 2 aromatic heterocycles. The number of aromatic nitrogens is 4. The predicted molar refractivity (Wildman–Crippen MR) is 94.0 cm³/mol. The number of thioether (sulfide) groups is 1. The van der Waals surface area contributed by atoms with E-state index < -0.39 is 0 Å². The van der Waals surface area contributed by atoms with Gasteiger partial charge in [0.2, 0.25) is 5.89 Å². The molecule has 0 aliphatic rings.